The molecular formula is C13H14ClNS2. The number of aryl methyl sites for hydroxylation is 1. The number of hydrogen-bond donors (Lipinski definition) is 1. The van der Waals surface area contributed by atoms with Gasteiger partial charge in [-0.2, -0.15) is 0 Å². The molecule has 1 nitrogen and oxygen atoms in total. The van der Waals surface area contributed by atoms with Crippen molar-refractivity contribution in [2.75, 3.05) is 5.73 Å². The fourth-order valence-corrected chi connectivity index (χ4v) is 3.62. The molecule has 2 aromatic rings. The van der Waals surface area contributed by atoms with Gasteiger partial charge in [0.25, 0.3) is 0 Å². The number of benzene rings is 1. The third kappa shape index (κ3) is 3.41. The van der Waals surface area contributed by atoms with Gasteiger partial charge in [0.2, 0.25) is 0 Å². The summed E-state index contributed by atoms with van der Waals surface area (Å²) in [5.41, 5.74) is 6.67. The van der Waals surface area contributed by atoms with Crippen molar-refractivity contribution >= 4 is 40.4 Å². The SMILES string of the molecule is CCc1ccc(CSc2ccc(Cl)cc2N)s1. The molecule has 0 bridgehead atoms. The van der Waals surface area contributed by atoms with E-state index in [1.807, 2.05) is 23.5 Å². The molecule has 1 heterocycles. The number of nitrogen functional groups attached to an aromatic ring is 1. The molecule has 2 N–H and O–H groups in total. The first kappa shape index (κ1) is 12.8. The molecule has 1 aromatic heterocycles. The van der Waals surface area contributed by atoms with E-state index in [1.165, 1.54) is 9.75 Å². The summed E-state index contributed by atoms with van der Waals surface area (Å²) in [6.45, 7) is 2.18. The lowest BCUT2D eigenvalue weighted by Gasteiger charge is -2.04. The minimum atomic E-state index is 0.691. The van der Waals surface area contributed by atoms with Crippen LogP contribution in [0.15, 0.2) is 35.2 Å². The number of thioether (sulfide) groups is 1. The van der Waals surface area contributed by atoms with Gasteiger partial charge in [-0.1, -0.05) is 18.5 Å². The fourth-order valence-electron chi connectivity index (χ4n) is 1.49. The van der Waals surface area contributed by atoms with Crippen LogP contribution in [0.4, 0.5) is 5.69 Å². The minimum absolute atomic E-state index is 0.691. The van der Waals surface area contributed by atoms with E-state index in [4.69, 9.17) is 17.3 Å². The Kier molecular flexibility index (Phi) is 4.37. The smallest absolute Gasteiger partial charge is 0.0467 e. The summed E-state index contributed by atoms with van der Waals surface area (Å²) in [5, 5.41) is 0.691. The maximum absolute atomic E-state index is 5.92. The lowest BCUT2D eigenvalue weighted by molar-refractivity contribution is 1.19. The van der Waals surface area contributed by atoms with Crippen LogP contribution in [0.1, 0.15) is 16.7 Å². The molecule has 0 saturated carbocycles. The van der Waals surface area contributed by atoms with Gasteiger partial charge in [0.05, 0.1) is 0 Å². The summed E-state index contributed by atoms with van der Waals surface area (Å²) < 4.78 is 0. The van der Waals surface area contributed by atoms with Crippen LogP contribution in [0, 0.1) is 0 Å². The molecule has 0 fully saturated rings. The monoisotopic (exact) mass is 283 g/mol. The Bertz CT molecular complexity index is 508. The molecule has 1 aromatic carbocycles. The van der Waals surface area contributed by atoms with E-state index in [0.717, 1.165) is 22.8 Å². The normalized spacial score (nSPS) is 10.7. The van der Waals surface area contributed by atoms with E-state index >= 15 is 0 Å². The zero-order chi connectivity index (χ0) is 12.3. The second-order valence-electron chi connectivity index (χ2n) is 3.69. The van der Waals surface area contributed by atoms with Crippen molar-refractivity contribution in [2.24, 2.45) is 0 Å². The fraction of sp³-hybridized carbons (Fsp3) is 0.231. The highest BCUT2D eigenvalue weighted by Crippen LogP contribution is 2.32. The third-order valence-electron chi connectivity index (χ3n) is 2.41. The molecule has 0 aliphatic carbocycles. The van der Waals surface area contributed by atoms with Gasteiger partial charge >= 0.3 is 0 Å². The number of rotatable bonds is 4. The van der Waals surface area contributed by atoms with Crippen LogP contribution in [0.5, 0.6) is 0 Å². The summed E-state index contributed by atoms with van der Waals surface area (Å²) in [5.74, 6) is 0.969. The molecule has 0 aliphatic heterocycles. The first-order valence-electron chi connectivity index (χ1n) is 5.44. The zero-order valence-corrected chi connectivity index (χ0v) is 12.0. The Morgan fingerprint density at radius 3 is 2.65 bits per heavy atom. The summed E-state index contributed by atoms with van der Waals surface area (Å²) in [6, 6.07) is 10.1. The van der Waals surface area contributed by atoms with Gasteiger partial charge in [0, 0.05) is 31.1 Å². The van der Waals surface area contributed by atoms with Gasteiger partial charge in [-0.3, -0.25) is 0 Å². The standard InChI is InChI=1S/C13H14ClNS2/c1-2-10-4-5-11(17-10)8-16-13-6-3-9(14)7-12(13)15/h3-7H,2,8,15H2,1H3. The molecule has 0 aliphatic rings. The van der Waals surface area contributed by atoms with Crippen molar-refractivity contribution in [1.29, 1.82) is 0 Å². The largest absolute Gasteiger partial charge is 0.398 e. The molecule has 0 saturated heterocycles. The lowest BCUT2D eigenvalue weighted by atomic mass is 10.3. The number of halogens is 1. The van der Waals surface area contributed by atoms with Crippen LogP contribution in [0.25, 0.3) is 0 Å². The Morgan fingerprint density at radius 2 is 2.00 bits per heavy atom. The zero-order valence-electron chi connectivity index (χ0n) is 9.57. The van der Waals surface area contributed by atoms with Gasteiger partial charge < -0.3 is 5.73 Å². The highest BCUT2D eigenvalue weighted by atomic mass is 35.5. The van der Waals surface area contributed by atoms with Crippen LogP contribution >= 0.6 is 34.7 Å². The van der Waals surface area contributed by atoms with Crippen LogP contribution in [-0.4, -0.2) is 0 Å². The molecule has 0 unspecified atom stereocenters. The first-order valence-corrected chi connectivity index (χ1v) is 7.62. The maximum Gasteiger partial charge on any atom is 0.0467 e. The van der Waals surface area contributed by atoms with Crippen molar-refractivity contribution in [2.45, 2.75) is 24.0 Å². The van der Waals surface area contributed by atoms with Crippen LogP contribution in [0.2, 0.25) is 5.02 Å². The van der Waals surface area contributed by atoms with Crippen LogP contribution < -0.4 is 5.73 Å². The number of hydrogen-bond acceptors (Lipinski definition) is 3. The predicted octanol–water partition coefficient (Wildman–Crippen LogP) is 4.84. The van der Waals surface area contributed by atoms with E-state index < -0.39 is 0 Å². The van der Waals surface area contributed by atoms with E-state index in [-0.39, 0.29) is 0 Å². The average Bonchev–Trinajstić information content (AvgIpc) is 2.76. The topological polar surface area (TPSA) is 26.0 Å². The molecule has 0 spiro atoms. The highest BCUT2D eigenvalue weighted by molar-refractivity contribution is 7.98. The Hall–Kier alpha value is -0.640. The summed E-state index contributed by atoms with van der Waals surface area (Å²) >= 11 is 9.50. The molecule has 0 radical (unpaired) electrons. The predicted molar refractivity (Wildman–Crippen MR) is 79.1 cm³/mol. The number of nitrogens with two attached hydrogens (primary N) is 1. The molecule has 17 heavy (non-hydrogen) atoms. The molecule has 0 atom stereocenters. The number of anilines is 1. The molecule has 90 valence electrons. The van der Waals surface area contributed by atoms with Crippen molar-refractivity contribution in [1.82, 2.24) is 0 Å². The molecular weight excluding hydrogens is 270 g/mol. The Labute approximate surface area is 115 Å². The Morgan fingerprint density at radius 1 is 1.24 bits per heavy atom. The van der Waals surface area contributed by atoms with Gasteiger partial charge in [-0.05, 0) is 36.8 Å². The van der Waals surface area contributed by atoms with Crippen molar-refractivity contribution in [3.8, 4) is 0 Å². The van der Waals surface area contributed by atoms with Gasteiger partial charge in [-0.15, -0.1) is 23.1 Å². The van der Waals surface area contributed by atoms with E-state index in [1.54, 1.807) is 17.8 Å². The van der Waals surface area contributed by atoms with Gasteiger partial charge in [-0.25, -0.2) is 0 Å². The van der Waals surface area contributed by atoms with E-state index in [0.29, 0.717) is 5.02 Å². The lowest BCUT2D eigenvalue weighted by Crippen LogP contribution is -1.88. The molecule has 0 amide bonds. The van der Waals surface area contributed by atoms with Crippen molar-refractivity contribution < 1.29 is 0 Å². The minimum Gasteiger partial charge on any atom is -0.398 e. The van der Waals surface area contributed by atoms with Crippen molar-refractivity contribution in [3.63, 3.8) is 0 Å². The molecule has 4 heteroatoms. The summed E-state index contributed by atoms with van der Waals surface area (Å²) in [6.07, 6.45) is 1.11. The van der Waals surface area contributed by atoms with E-state index in [9.17, 15) is 0 Å². The molecule has 2 rings (SSSR count). The second kappa shape index (κ2) is 5.80. The second-order valence-corrected chi connectivity index (χ2v) is 6.40. The average molecular weight is 284 g/mol. The van der Waals surface area contributed by atoms with Gasteiger partial charge in [0.1, 0.15) is 0 Å². The highest BCUT2D eigenvalue weighted by Gasteiger charge is 2.03. The van der Waals surface area contributed by atoms with E-state index in [2.05, 4.69) is 19.1 Å². The van der Waals surface area contributed by atoms with Crippen LogP contribution in [0.3, 0.4) is 0 Å². The van der Waals surface area contributed by atoms with Crippen molar-refractivity contribution in [3.05, 3.63) is 45.1 Å². The summed E-state index contributed by atoms with van der Waals surface area (Å²) in [4.78, 5) is 3.92. The third-order valence-corrected chi connectivity index (χ3v) is 5.19. The first-order chi connectivity index (χ1) is 8.19. The Balaban J connectivity index is 2.02. The van der Waals surface area contributed by atoms with Gasteiger partial charge in [0.15, 0.2) is 0 Å². The number of thiophene rings is 1. The maximum atomic E-state index is 5.92. The van der Waals surface area contributed by atoms with Crippen LogP contribution in [-0.2, 0) is 12.2 Å². The summed E-state index contributed by atoms with van der Waals surface area (Å²) in [7, 11) is 0. The quantitative estimate of drug-likeness (QED) is 0.642.